The van der Waals surface area contributed by atoms with E-state index in [0.29, 0.717) is 12.2 Å². The molecule has 5 heteroatoms. The predicted molar refractivity (Wildman–Crippen MR) is 93.5 cm³/mol. The van der Waals surface area contributed by atoms with Crippen LogP contribution in [0, 0.1) is 13.8 Å². The van der Waals surface area contributed by atoms with E-state index in [9.17, 15) is 4.79 Å². The SMILES string of the molecule is Cc1ccc(-c2cc(C(=O)NCc3ccccn3)nn2C)c(C)c1. The summed E-state index contributed by atoms with van der Waals surface area (Å²) in [6.07, 6.45) is 1.71. The van der Waals surface area contributed by atoms with Gasteiger partial charge in [0.15, 0.2) is 5.69 Å². The second-order valence-electron chi connectivity index (χ2n) is 5.86. The van der Waals surface area contributed by atoms with Crippen molar-refractivity contribution < 1.29 is 4.79 Å². The largest absolute Gasteiger partial charge is 0.345 e. The molecule has 3 rings (SSSR count). The van der Waals surface area contributed by atoms with Crippen molar-refractivity contribution in [1.82, 2.24) is 20.1 Å². The number of nitrogens with zero attached hydrogens (tertiary/aromatic N) is 3. The van der Waals surface area contributed by atoms with E-state index in [1.54, 1.807) is 10.9 Å². The Labute approximate surface area is 141 Å². The van der Waals surface area contributed by atoms with Crippen molar-refractivity contribution in [3.05, 3.63) is 71.2 Å². The standard InChI is InChI=1S/C19H20N4O/c1-13-7-8-16(14(2)10-13)18-11-17(22-23(18)3)19(24)21-12-15-6-4-5-9-20-15/h4-11H,12H2,1-3H3,(H,21,24). The Kier molecular flexibility index (Phi) is 4.42. The highest BCUT2D eigenvalue weighted by Gasteiger charge is 2.15. The van der Waals surface area contributed by atoms with Gasteiger partial charge < -0.3 is 5.32 Å². The summed E-state index contributed by atoms with van der Waals surface area (Å²) in [5.41, 5.74) is 5.61. The normalized spacial score (nSPS) is 10.6. The Morgan fingerprint density at radius 3 is 2.71 bits per heavy atom. The smallest absolute Gasteiger partial charge is 0.272 e. The number of aromatic nitrogens is 3. The van der Waals surface area contributed by atoms with Crippen molar-refractivity contribution >= 4 is 5.91 Å². The first-order chi connectivity index (χ1) is 11.5. The van der Waals surface area contributed by atoms with Gasteiger partial charge >= 0.3 is 0 Å². The average Bonchev–Trinajstić information content (AvgIpc) is 2.95. The lowest BCUT2D eigenvalue weighted by Gasteiger charge is -2.06. The molecule has 3 aromatic rings. The summed E-state index contributed by atoms with van der Waals surface area (Å²) in [7, 11) is 1.85. The van der Waals surface area contributed by atoms with Crippen molar-refractivity contribution in [2.45, 2.75) is 20.4 Å². The van der Waals surface area contributed by atoms with E-state index in [0.717, 1.165) is 17.0 Å². The lowest BCUT2D eigenvalue weighted by Crippen LogP contribution is -2.23. The third-order valence-electron chi connectivity index (χ3n) is 3.93. The summed E-state index contributed by atoms with van der Waals surface area (Å²) >= 11 is 0. The van der Waals surface area contributed by atoms with Crippen LogP contribution in [0.4, 0.5) is 0 Å². The van der Waals surface area contributed by atoms with Gasteiger partial charge in [0, 0.05) is 18.8 Å². The first kappa shape index (κ1) is 15.9. The molecular formula is C19H20N4O. The van der Waals surface area contributed by atoms with Crippen molar-refractivity contribution in [3.63, 3.8) is 0 Å². The zero-order chi connectivity index (χ0) is 17.1. The molecule has 0 unspecified atom stereocenters. The summed E-state index contributed by atoms with van der Waals surface area (Å²) in [5.74, 6) is -0.202. The maximum Gasteiger partial charge on any atom is 0.272 e. The van der Waals surface area contributed by atoms with Gasteiger partial charge in [-0.2, -0.15) is 5.10 Å². The molecule has 0 spiro atoms. The Morgan fingerprint density at radius 1 is 1.17 bits per heavy atom. The van der Waals surface area contributed by atoms with Crippen LogP contribution < -0.4 is 5.32 Å². The van der Waals surface area contributed by atoms with E-state index in [-0.39, 0.29) is 5.91 Å². The number of carbonyl (C=O) groups excluding carboxylic acids is 1. The maximum atomic E-state index is 12.3. The molecule has 0 saturated heterocycles. The fraction of sp³-hybridized carbons (Fsp3) is 0.211. The van der Waals surface area contributed by atoms with Gasteiger partial charge in [0.1, 0.15) is 0 Å². The van der Waals surface area contributed by atoms with E-state index in [1.807, 2.05) is 31.3 Å². The number of nitrogens with one attached hydrogen (secondary N) is 1. The molecule has 122 valence electrons. The molecule has 1 N–H and O–H groups in total. The maximum absolute atomic E-state index is 12.3. The molecule has 2 heterocycles. The minimum Gasteiger partial charge on any atom is -0.345 e. The molecule has 1 aromatic carbocycles. The number of pyridine rings is 1. The van der Waals surface area contributed by atoms with Crippen molar-refractivity contribution in [2.24, 2.45) is 7.05 Å². The topological polar surface area (TPSA) is 59.8 Å². The molecule has 24 heavy (non-hydrogen) atoms. The summed E-state index contributed by atoms with van der Waals surface area (Å²) in [5, 5.41) is 7.20. The molecular weight excluding hydrogens is 300 g/mol. The molecule has 0 atom stereocenters. The molecule has 0 aliphatic carbocycles. The number of aryl methyl sites for hydroxylation is 3. The van der Waals surface area contributed by atoms with Crippen LogP contribution in [0.1, 0.15) is 27.3 Å². The molecule has 0 aliphatic heterocycles. The van der Waals surface area contributed by atoms with Gasteiger partial charge in [-0.3, -0.25) is 14.5 Å². The third kappa shape index (κ3) is 3.35. The lowest BCUT2D eigenvalue weighted by molar-refractivity contribution is 0.0944. The Bertz CT molecular complexity index is 868. The van der Waals surface area contributed by atoms with Crippen LogP contribution >= 0.6 is 0 Å². The highest BCUT2D eigenvalue weighted by Crippen LogP contribution is 2.24. The first-order valence-corrected chi connectivity index (χ1v) is 7.84. The predicted octanol–water partition coefficient (Wildman–Crippen LogP) is 3.03. The van der Waals surface area contributed by atoms with E-state index in [2.05, 4.69) is 47.4 Å². The van der Waals surface area contributed by atoms with Crippen molar-refractivity contribution in [3.8, 4) is 11.3 Å². The summed E-state index contributed by atoms with van der Waals surface area (Å²) in [4.78, 5) is 16.5. The zero-order valence-corrected chi connectivity index (χ0v) is 14.1. The van der Waals surface area contributed by atoms with Gasteiger partial charge in [-0.25, -0.2) is 0 Å². The van der Waals surface area contributed by atoms with Crippen LogP contribution in [0.2, 0.25) is 0 Å². The minimum absolute atomic E-state index is 0.202. The summed E-state index contributed by atoms with van der Waals surface area (Å²) in [6.45, 7) is 4.52. The molecule has 1 amide bonds. The average molecular weight is 320 g/mol. The van der Waals surface area contributed by atoms with Crippen LogP contribution in [-0.4, -0.2) is 20.7 Å². The second kappa shape index (κ2) is 6.66. The highest BCUT2D eigenvalue weighted by atomic mass is 16.1. The molecule has 0 fully saturated rings. The molecule has 0 saturated carbocycles. The van der Waals surface area contributed by atoms with E-state index in [1.165, 1.54) is 11.1 Å². The Morgan fingerprint density at radius 2 is 2.00 bits per heavy atom. The first-order valence-electron chi connectivity index (χ1n) is 7.84. The number of carbonyl (C=O) groups is 1. The molecule has 5 nitrogen and oxygen atoms in total. The molecule has 0 aliphatic rings. The Hall–Kier alpha value is -2.95. The Balaban J connectivity index is 1.79. The van der Waals surface area contributed by atoms with Gasteiger partial charge in [0.2, 0.25) is 0 Å². The minimum atomic E-state index is -0.202. The van der Waals surface area contributed by atoms with Gasteiger partial charge in [-0.15, -0.1) is 0 Å². The number of hydrogen-bond donors (Lipinski definition) is 1. The van der Waals surface area contributed by atoms with Crippen molar-refractivity contribution in [1.29, 1.82) is 0 Å². The van der Waals surface area contributed by atoms with Crippen molar-refractivity contribution in [2.75, 3.05) is 0 Å². The van der Waals surface area contributed by atoms with E-state index < -0.39 is 0 Å². The number of hydrogen-bond acceptors (Lipinski definition) is 3. The zero-order valence-electron chi connectivity index (χ0n) is 14.1. The number of rotatable bonds is 4. The quantitative estimate of drug-likeness (QED) is 0.804. The number of amides is 1. The van der Waals surface area contributed by atoms with Crippen LogP contribution in [0.5, 0.6) is 0 Å². The fourth-order valence-electron chi connectivity index (χ4n) is 2.70. The van der Waals surface area contributed by atoms with Gasteiger partial charge in [-0.1, -0.05) is 29.8 Å². The summed E-state index contributed by atoms with van der Waals surface area (Å²) in [6, 6.07) is 13.7. The van der Waals surface area contributed by atoms with Crippen LogP contribution in [0.25, 0.3) is 11.3 Å². The van der Waals surface area contributed by atoms with Crippen LogP contribution in [-0.2, 0) is 13.6 Å². The number of benzene rings is 1. The van der Waals surface area contributed by atoms with E-state index in [4.69, 9.17) is 0 Å². The molecule has 0 bridgehead atoms. The van der Waals surface area contributed by atoms with Gasteiger partial charge in [-0.05, 0) is 37.6 Å². The van der Waals surface area contributed by atoms with Crippen LogP contribution in [0.3, 0.4) is 0 Å². The monoisotopic (exact) mass is 320 g/mol. The molecule has 2 aromatic heterocycles. The highest BCUT2D eigenvalue weighted by molar-refractivity contribution is 5.93. The van der Waals surface area contributed by atoms with Gasteiger partial charge in [0.05, 0.1) is 17.9 Å². The van der Waals surface area contributed by atoms with E-state index >= 15 is 0 Å². The summed E-state index contributed by atoms with van der Waals surface area (Å²) < 4.78 is 1.74. The second-order valence-corrected chi connectivity index (χ2v) is 5.86. The lowest BCUT2D eigenvalue weighted by atomic mass is 10.0. The fourth-order valence-corrected chi connectivity index (χ4v) is 2.70. The third-order valence-corrected chi connectivity index (χ3v) is 3.93. The van der Waals surface area contributed by atoms with Crippen LogP contribution in [0.15, 0.2) is 48.7 Å². The van der Waals surface area contributed by atoms with Gasteiger partial charge in [0.25, 0.3) is 5.91 Å². The molecule has 0 radical (unpaired) electrons.